The Hall–Kier alpha value is -0.680. The van der Waals surface area contributed by atoms with Crippen molar-refractivity contribution in [3.8, 4) is 0 Å². The standard InChI is InChI=1S/C7H13O6P.2CH4/c1-5(2)7(8)12-4-6(3)13-14(9,10)11;;/h6H,1,4H2,2-3H3,(H2,9,10,11);2*1H4. The van der Waals surface area contributed by atoms with Crippen molar-refractivity contribution in [1.29, 1.82) is 0 Å². The molecule has 16 heavy (non-hydrogen) atoms. The summed E-state index contributed by atoms with van der Waals surface area (Å²) in [5.74, 6) is -0.619. The Labute approximate surface area is 96.5 Å². The van der Waals surface area contributed by atoms with Crippen LogP contribution in [0.5, 0.6) is 0 Å². The molecule has 0 aliphatic rings. The van der Waals surface area contributed by atoms with Gasteiger partial charge in [-0.15, -0.1) is 0 Å². The maximum Gasteiger partial charge on any atom is 0.469 e. The molecule has 98 valence electrons. The largest absolute Gasteiger partial charge is 0.469 e. The molecule has 0 aliphatic carbocycles. The second-order valence-electron chi connectivity index (χ2n) is 2.79. The number of rotatable bonds is 5. The van der Waals surface area contributed by atoms with Crippen molar-refractivity contribution < 1.29 is 28.4 Å². The number of hydrogen-bond acceptors (Lipinski definition) is 4. The van der Waals surface area contributed by atoms with Gasteiger partial charge in [0.15, 0.2) is 0 Å². The second kappa shape index (κ2) is 8.47. The topological polar surface area (TPSA) is 93.1 Å². The summed E-state index contributed by atoms with van der Waals surface area (Å²) in [5, 5.41) is 0. The molecule has 0 fully saturated rings. The second-order valence-corrected chi connectivity index (χ2v) is 3.98. The van der Waals surface area contributed by atoms with Crippen molar-refractivity contribution in [3.63, 3.8) is 0 Å². The van der Waals surface area contributed by atoms with E-state index in [2.05, 4.69) is 15.8 Å². The van der Waals surface area contributed by atoms with Gasteiger partial charge < -0.3 is 14.5 Å². The Bertz CT molecular complexity index is 269. The molecule has 0 amide bonds. The molecule has 0 rings (SSSR count). The van der Waals surface area contributed by atoms with E-state index in [-0.39, 0.29) is 27.0 Å². The molecule has 6 nitrogen and oxygen atoms in total. The van der Waals surface area contributed by atoms with Gasteiger partial charge in [0.1, 0.15) is 12.7 Å². The first kappa shape index (κ1) is 20.7. The van der Waals surface area contributed by atoms with Crippen LogP contribution in [0.2, 0.25) is 0 Å². The Kier molecular flexibility index (Phi) is 11.0. The van der Waals surface area contributed by atoms with E-state index in [1.807, 2.05) is 0 Å². The summed E-state index contributed by atoms with van der Waals surface area (Å²) in [7, 11) is -4.52. The third-order valence-corrected chi connectivity index (χ3v) is 1.75. The summed E-state index contributed by atoms with van der Waals surface area (Å²) in [6.07, 6.45) is -0.862. The van der Waals surface area contributed by atoms with Crippen LogP contribution in [-0.2, 0) is 18.6 Å². The molecule has 0 aromatic heterocycles. The number of carbonyl (C=O) groups excluding carboxylic acids is 1. The molecule has 0 aromatic rings. The van der Waals surface area contributed by atoms with E-state index in [4.69, 9.17) is 9.79 Å². The first-order valence-electron chi connectivity index (χ1n) is 3.79. The van der Waals surface area contributed by atoms with Crippen LogP contribution < -0.4 is 0 Å². The summed E-state index contributed by atoms with van der Waals surface area (Å²) < 4.78 is 19.2. The fraction of sp³-hybridized carbons (Fsp3) is 0.667. The lowest BCUT2D eigenvalue weighted by atomic mass is 10.3. The van der Waals surface area contributed by atoms with Crippen LogP contribution in [0.4, 0.5) is 0 Å². The maximum atomic E-state index is 10.8. The lowest BCUT2D eigenvalue weighted by Gasteiger charge is -2.13. The summed E-state index contributed by atoms with van der Waals surface area (Å²) in [6, 6.07) is 0. The lowest BCUT2D eigenvalue weighted by Crippen LogP contribution is -2.18. The van der Waals surface area contributed by atoms with Crippen LogP contribution in [0.25, 0.3) is 0 Å². The monoisotopic (exact) mass is 256 g/mol. The number of phosphoric acid groups is 1. The van der Waals surface area contributed by atoms with E-state index < -0.39 is 19.9 Å². The number of phosphoric ester groups is 1. The van der Waals surface area contributed by atoms with E-state index >= 15 is 0 Å². The molecule has 0 aromatic carbocycles. The zero-order valence-corrected chi connectivity index (χ0v) is 8.86. The van der Waals surface area contributed by atoms with Crippen LogP contribution in [0.3, 0.4) is 0 Å². The van der Waals surface area contributed by atoms with Crippen molar-refractivity contribution in [2.45, 2.75) is 34.8 Å². The fourth-order valence-corrected chi connectivity index (χ4v) is 1.11. The normalized spacial score (nSPS) is 11.8. The number of esters is 1. The highest BCUT2D eigenvalue weighted by Crippen LogP contribution is 2.37. The smallest absolute Gasteiger partial charge is 0.460 e. The Morgan fingerprint density at radius 1 is 1.44 bits per heavy atom. The Morgan fingerprint density at radius 2 is 1.88 bits per heavy atom. The molecular formula is C9H21O6P. The van der Waals surface area contributed by atoms with Gasteiger partial charge in [0, 0.05) is 5.57 Å². The first-order chi connectivity index (χ1) is 6.22. The molecule has 0 spiro atoms. The van der Waals surface area contributed by atoms with Gasteiger partial charge in [0.05, 0.1) is 0 Å². The van der Waals surface area contributed by atoms with Gasteiger partial charge in [0.25, 0.3) is 0 Å². The number of hydrogen-bond donors (Lipinski definition) is 2. The molecule has 0 aliphatic heterocycles. The summed E-state index contributed by atoms with van der Waals surface area (Å²) in [4.78, 5) is 27.6. The lowest BCUT2D eigenvalue weighted by molar-refractivity contribution is -0.141. The average Bonchev–Trinajstić information content (AvgIpc) is 1.96. The van der Waals surface area contributed by atoms with E-state index in [9.17, 15) is 9.36 Å². The van der Waals surface area contributed by atoms with E-state index in [1.54, 1.807) is 0 Å². The van der Waals surface area contributed by atoms with Crippen LogP contribution >= 0.6 is 7.82 Å². The van der Waals surface area contributed by atoms with Gasteiger partial charge in [-0.2, -0.15) is 0 Å². The molecular weight excluding hydrogens is 235 g/mol. The van der Waals surface area contributed by atoms with Gasteiger partial charge >= 0.3 is 13.8 Å². The van der Waals surface area contributed by atoms with Crippen LogP contribution in [0, 0.1) is 0 Å². The molecule has 0 bridgehead atoms. The van der Waals surface area contributed by atoms with E-state index in [1.165, 1.54) is 13.8 Å². The minimum atomic E-state index is -4.52. The van der Waals surface area contributed by atoms with Crippen molar-refractivity contribution in [3.05, 3.63) is 12.2 Å². The van der Waals surface area contributed by atoms with E-state index in [0.717, 1.165) is 0 Å². The molecule has 1 unspecified atom stereocenters. The number of carbonyl (C=O) groups is 1. The fourth-order valence-electron chi connectivity index (χ4n) is 0.581. The van der Waals surface area contributed by atoms with Gasteiger partial charge in [-0.05, 0) is 13.8 Å². The highest BCUT2D eigenvalue weighted by atomic mass is 31.2. The highest BCUT2D eigenvalue weighted by Gasteiger charge is 2.19. The minimum Gasteiger partial charge on any atom is -0.460 e. The minimum absolute atomic E-state index is 0. The molecule has 0 heterocycles. The van der Waals surface area contributed by atoms with Gasteiger partial charge in [-0.1, -0.05) is 21.4 Å². The predicted molar refractivity (Wildman–Crippen MR) is 61.8 cm³/mol. The zero-order valence-electron chi connectivity index (χ0n) is 7.97. The molecule has 0 saturated heterocycles. The number of ether oxygens (including phenoxy) is 1. The average molecular weight is 256 g/mol. The van der Waals surface area contributed by atoms with Crippen molar-refractivity contribution in [2.24, 2.45) is 0 Å². The summed E-state index contributed by atoms with van der Waals surface area (Å²) in [5.41, 5.74) is 0.216. The van der Waals surface area contributed by atoms with Crippen LogP contribution in [0.15, 0.2) is 12.2 Å². The third kappa shape index (κ3) is 11.4. The molecule has 2 N–H and O–H groups in total. The molecule has 1 atom stereocenters. The molecule has 0 radical (unpaired) electrons. The predicted octanol–water partition coefficient (Wildman–Crippen LogP) is 1.88. The van der Waals surface area contributed by atoms with Crippen molar-refractivity contribution >= 4 is 13.8 Å². The van der Waals surface area contributed by atoms with Crippen LogP contribution in [0.1, 0.15) is 28.7 Å². The molecule has 7 heteroatoms. The summed E-state index contributed by atoms with van der Waals surface area (Å²) >= 11 is 0. The zero-order chi connectivity index (χ0) is 11.4. The quantitative estimate of drug-likeness (QED) is 0.443. The Morgan fingerprint density at radius 3 is 2.19 bits per heavy atom. The third-order valence-electron chi connectivity index (χ3n) is 1.11. The first-order valence-corrected chi connectivity index (χ1v) is 5.32. The highest BCUT2D eigenvalue weighted by molar-refractivity contribution is 7.46. The maximum absolute atomic E-state index is 10.8. The van der Waals surface area contributed by atoms with Gasteiger partial charge in [-0.25, -0.2) is 9.36 Å². The summed E-state index contributed by atoms with van der Waals surface area (Å²) in [6.45, 7) is 5.96. The van der Waals surface area contributed by atoms with Gasteiger partial charge in [-0.3, -0.25) is 4.52 Å². The van der Waals surface area contributed by atoms with Crippen molar-refractivity contribution in [2.75, 3.05) is 6.61 Å². The SMILES string of the molecule is C.C.C=C(C)C(=O)OCC(C)OP(=O)(O)O. The van der Waals surface area contributed by atoms with Gasteiger partial charge in [0.2, 0.25) is 0 Å². The van der Waals surface area contributed by atoms with Crippen LogP contribution in [-0.4, -0.2) is 28.5 Å². The van der Waals surface area contributed by atoms with E-state index in [0.29, 0.717) is 0 Å². The Balaban J connectivity index is -0.000000845. The van der Waals surface area contributed by atoms with Crippen molar-refractivity contribution in [1.82, 2.24) is 0 Å². The molecule has 0 saturated carbocycles.